The summed E-state index contributed by atoms with van der Waals surface area (Å²) < 4.78 is 1.42. The minimum atomic E-state index is 0.113. The minimum absolute atomic E-state index is 0.113. The Morgan fingerprint density at radius 3 is 2.78 bits per heavy atom. The fourth-order valence-corrected chi connectivity index (χ4v) is 0.798. The highest BCUT2D eigenvalue weighted by Gasteiger charge is 1.99. The van der Waals surface area contributed by atoms with Crippen molar-refractivity contribution >= 4 is 11.6 Å². The molecule has 1 N–H and O–H groups in total. The number of halogens is 1. The molecule has 0 bridgehead atoms. The van der Waals surface area contributed by atoms with Crippen molar-refractivity contribution in [2.45, 2.75) is 13.5 Å². The van der Waals surface area contributed by atoms with Crippen LogP contribution in [0.4, 0.5) is 0 Å². The molecule has 1 heterocycles. The molecule has 0 saturated carbocycles. The van der Waals surface area contributed by atoms with E-state index in [4.69, 9.17) is 16.7 Å². The van der Waals surface area contributed by atoms with Gasteiger partial charge in [-0.05, 0) is 6.92 Å². The summed E-state index contributed by atoms with van der Waals surface area (Å²) in [7, 11) is 0. The van der Waals surface area contributed by atoms with Crippen molar-refractivity contribution in [3.63, 3.8) is 0 Å². The van der Waals surface area contributed by atoms with Crippen LogP contribution >= 0.6 is 11.6 Å². The van der Waals surface area contributed by atoms with Crippen molar-refractivity contribution in [2.24, 2.45) is 0 Å². The number of hydrogen-bond donors (Lipinski definition) is 1. The van der Waals surface area contributed by atoms with Crippen LogP contribution in [-0.4, -0.2) is 14.9 Å². The Hall–Kier alpha value is -0.700. The summed E-state index contributed by atoms with van der Waals surface area (Å²) in [5, 5.41) is 13.0. The van der Waals surface area contributed by atoms with Gasteiger partial charge in [0.15, 0.2) is 5.15 Å². The molecule has 50 valence electrons. The van der Waals surface area contributed by atoms with Crippen LogP contribution in [-0.2, 0) is 6.54 Å². The van der Waals surface area contributed by atoms with E-state index in [9.17, 15) is 0 Å². The van der Waals surface area contributed by atoms with Crippen LogP contribution in [0.2, 0.25) is 5.15 Å². The lowest BCUT2D eigenvalue weighted by molar-refractivity contribution is 0.405. The van der Waals surface area contributed by atoms with E-state index >= 15 is 0 Å². The summed E-state index contributed by atoms with van der Waals surface area (Å²) in [6.07, 6.45) is 0. The quantitative estimate of drug-likeness (QED) is 0.648. The second kappa shape index (κ2) is 2.27. The molecule has 0 atom stereocenters. The van der Waals surface area contributed by atoms with Crippen molar-refractivity contribution in [1.29, 1.82) is 0 Å². The predicted octanol–water partition coefficient (Wildman–Crippen LogP) is 1.26. The molecule has 0 aliphatic rings. The van der Waals surface area contributed by atoms with Crippen LogP contribution < -0.4 is 0 Å². The highest BCUT2D eigenvalue weighted by molar-refractivity contribution is 6.29. The second-order valence-electron chi connectivity index (χ2n) is 1.64. The number of nitrogens with zero attached hydrogens (tertiary/aromatic N) is 2. The Kier molecular flexibility index (Phi) is 1.62. The molecule has 3 nitrogen and oxygen atoms in total. The lowest BCUT2D eigenvalue weighted by Crippen LogP contribution is -1.94. The minimum Gasteiger partial charge on any atom is -0.493 e. The molecular weight excluding hydrogens is 140 g/mol. The average Bonchev–Trinajstić information content (AvgIpc) is 2.10. The highest BCUT2D eigenvalue weighted by atomic mass is 35.5. The molecule has 0 aromatic carbocycles. The van der Waals surface area contributed by atoms with Crippen LogP contribution in [0.15, 0.2) is 6.07 Å². The molecule has 0 spiro atoms. The highest BCUT2D eigenvalue weighted by Crippen LogP contribution is 2.14. The Labute approximate surface area is 57.9 Å². The van der Waals surface area contributed by atoms with Crippen LogP contribution in [0.3, 0.4) is 0 Å². The van der Waals surface area contributed by atoms with E-state index in [1.807, 2.05) is 6.92 Å². The monoisotopic (exact) mass is 146 g/mol. The van der Waals surface area contributed by atoms with E-state index in [2.05, 4.69) is 5.10 Å². The molecule has 0 unspecified atom stereocenters. The second-order valence-corrected chi connectivity index (χ2v) is 2.03. The fourth-order valence-electron chi connectivity index (χ4n) is 0.609. The third-order valence-electron chi connectivity index (χ3n) is 1.03. The zero-order valence-corrected chi connectivity index (χ0v) is 5.76. The number of aromatic nitrogens is 2. The van der Waals surface area contributed by atoms with E-state index in [0.29, 0.717) is 11.7 Å². The third kappa shape index (κ3) is 1.16. The SMILES string of the molecule is CCn1nc(Cl)cc1O. The Morgan fingerprint density at radius 1 is 1.89 bits per heavy atom. The van der Waals surface area contributed by atoms with Gasteiger partial charge in [-0.1, -0.05) is 11.6 Å². The zero-order valence-electron chi connectivity index (χ0n) is 5.00. The van der Waals surface area contributed by atoms with Gasteiger partial charge in [-0.15, -0.1) is 0 Å². The summed E-state index contributed by atoms with van der Waals surface area (Å²) in [5.41, 5.74) is 0. The molecule has 0 radical (unpaired) electrons. The zero-order chi connectivity index (χ0) is 6.85. The van der Waals surface area contributed by atoms with Gasteiger partial charge in [-0.2, -0.15) is 5.10 Å². The maximum Gasteiger partial charge on any atom is 0.210 e. The lowest BCUT2D eigenvalue weighted by Gasteiger charge is -1.93. The predicted molar refractivity (Wildman–Crippen MR) is 34.6 cm³/mol. The first kappa shape index (κ1) is 6.42. The van der Waals surface area contributed by atoms with E-state index in [1.165, 1.54) is 10.7 Å². The summed E-state index contributed by atoms with van der Waals surface area (Å²) >= 11 is 5.45. The van der Waals surface area contributed by atoms with Gasteiger partial charge < -0.3 is 5.11 Å². The maximum absolute atomic E-state index is 8.95. The normalized spacial score (nSPS) is 10.0. The smallest absolute Gasteiger partial charge is 0.210 e. The van der Waals surface area contributed by atoms with Gasteiger partial charge in [-0.25, -0.2) is 4.68 Å². The molecule has 1 rings (SSSR count). The van der Waals surface area contributed by atoms with E-state index in [-0.39, 0.29) is 5.88 Å². The number of hydrogen-bond acceptors (Lipinski definition) is 2. The number of aromatic hydroxyl groups is 1. The van der Waals surface area contributed by atoms with Gasteiger partial charge in [0.05, 0.1) is 0 Å². The first-order chi connectivity index (χ1) is 4.24. The molecule has 1 aromatic rings. The number of rotatable bonds is 1. The molecule has 0 fully saturated rings. The molecule has 0 aliphatic heterocycles. The van der Waals surface area contributed by atoms with Crippen molar-refractivity contribution in [3.8, 4) is 5.88 Å². The maximum atomic E-state index is 8.95. The first-order valence-electron chi connectivity index (χ1n) is 2.66. The van der Waals surface area contributed by atoms with Crippen molar-refractivity contribution in [2.75, 3.05) is 0 Å². The summed E-state index contributed by atoms with van der Waals surface area (Å²) in [6, 6.07) is 1.41. The van der Waals surface area contributed by atoms with Crippen LogP contribution in [0.25, 0.3) is 0 Å². The summed E-state index contributed by atoms with van der Waals surface area (Å²) in [6.45, 7) is 2.52. The van der Waals surface area contributed by atoms with Gasteiger partial charge in [-0.3, -0.25) is 0 Å². The molecule has 0 saturated heterocycles. The van der Waals surface area contributed by atoms with Gasteiger partial charge in [0, 0.05) is 12.6 Å². The Morgan fingerprint density at radius 2 is 2.56 bits per heavy atom. The van der Waals surface area contributed by atoms with E-state index in [0.717, 1.165) is 0 Å². The van der Waals surface area contributed by atoms with Crippen LogP contribution in [0.1, 0.15) is 6.92 Å². The van der Waals surface area contributed by atoms with E-state index in [1.54, 1.807) is 0 Å². The van der Waals surface area contributed by atoms with Gasteiger partial charge in [0.25, 0.3) is 0 Å². The molecular formula is C5H7ClN2O. The average molecular weight is 147 g/mol. The molecule has 0 aliphatic carbocycles. The van der Waals surface area contributed by atoms with Crippen LogP contribution in [0, 0.1) is 0 Å². The molecule has 9 heavy (non-hydrogen) atoms. The largest absolute Gasteiger partial charge is 0.493 e. The number of aryl methyl sites for hydroxylation is 1. The summed E-state index contributed by atoms with van der Waals surface area (Å²) in [5.74, 6) is 0.113. The van der Waals surface area contributed by atoms with Crippen molar-refractivity contribution in [1.82, 2.24) is 9.78 Å². The Balaban J connectivity index is 3.01. The van der Waals surface area contributed by atoms with E-state index < -0.39 is 0 Å². The molecule has 4 heteroatoms. The topological polar surface area (TPSA) is 38.0 Å². The molecule has 0 amide bonds. The molecule has 1 aromatic heterocycles. The lowest BCUT2D eigenvalue weighted by atomic mass is 10.7. The van der Waals surface area contributed by atoms with Gasteiger partial charge in [0.2, 0.25) is 5.88 Å². The van der Waals surface area contributed by atoms with Gasteiger partial charge >= 0.3 is 0 Å². The summed E-state index contributed by atoms with van der Waals surface area (Å²) in [4.78, 5) is 0. The van der Waals surface area contributed by atoms with Crippen LogP contribution in [0.5, 0.6) is 5.88 Å². The van der Waals surface area contributed by atoms with Crippen molar-refractivity contribution in [3.05, 3.63) is 11.2 Å². The van der Waals surface area contributed by atoms with Gasteiger partial charge in [0.1, 0.15) is 0 Å². The Bertz CT molecular complexity index is 209. The standard InChI is InChI=1S/C5H7ClN2O/c1-2-8-5(9)3-4(6)7-8/h3,9H,2H2,1H3. The third-order valence-corrected chi connectivity index (χ3v) is 1.21. The first-order valence-corrected chi connectivity index (χ1v) is 3.04. The fraction of sp³-hybridized carbons (Fsp3) is 0.400. The van der Waals surface area contributed by atoms with Crippen molar-refractivity contribution < 1.29 is 5.11 Å².